The van der Waals surface area contributed by atoms with Crippen molar-refractivity contribution in [1.29, 1.82) is 0 Å². The number of hydrogen-bond acceptors (Lipinski definition) is 4. The molecule has 1 amide bonds. The molecule has 5 nitrogen and oxygen atoms in total. The lowest BCUT2D eigenvalue weighted by Crippen LogP contribution is -2.46. The fourth-order valence-electron chi connectivity index (χ4n) is 4.66. The van der Waals surface area contributed by atoms with Crippen molar-refractivity contribution in [3.63, 3.8) is 0 Å². The van der Waals surface area contributed by atoms with Crippen LogP contribution in [0.25, 0.3) is 0 Å². The molecule has 1 saturated heterocycles. The lowest BCUT2D eigenvalue weighted by molar-refractivity contribution is -0.128. The normalized spacial score (nSPS) is 22.8. The van der Waals surface area contributed by atoms with Gasteiger partial charge in [0, 0.05) is 30.1 Å². The number of likely N-dealkylation sites (tertiary alicyclic amines) is 1. The van der Waals surface area contributed by atoms with Crippen LogP contribution in [0.3, 0.4) is 0 Å². The van der Waals surface area contributed by atoms with Crippen molar-refractivity contribution in [3.05, 3.63) is 58.6 Å². The molecule has 4 rings (SSSR count). The predicted molar refractivity (Wildman–Crippen MR) is 123 cm³/mol. The number of methoxy groups -OCH3 is 1. The van der Waals surface area contributed by atoms with E-state index in [2.05, 4.69) is 30.1 Å². The molecule has 0 unspecified atom stereocenters. The van der Waals surface area contributed by atoms with Crippen molar-refractivity contribution in [2.24, 2.45) is 5.92 Å². The molecule has 0 aromatic heterocycles. The van der Waals surface area contributed by atoms with Gasteiger partial charge in [0.25, 0.3) is 0 Å². The van der Waals surface area contributed by atoms with Crippen LogP contribution >= 0.6 is 11.6 Å². The summed E-state index contributed by atoms with van der Waals surface area (Å²) < 4.78 is 11.5. The van der Waals surface area contributed by atoms with E-state index in [9.17, 15) is 4.79 Å². The van der Waals surface area contributed by atoms with Gasteiger partial charge in [0.05, 0.1) is 19.1 Å². The standard InChI is InChI=1S/C25H31ClN2O3/c1-25(2)14-22(20-13-19(30-3)10-11-23(20)31-25)27-24(29)18-8-6-12-28(16-18)15-17-7-4-5-9-21(17)26/h4-5,7,9-11,13,18,22H,6,8,12,14-16H2,1-3H3,(H,27,29)/t18-,22-/m1/s1. The Labute approximate surface area is 189 Å². The molecule has 2 atom stereocenters. The highest BCUT2D eigenvalue weighted by molar-refractivity contribution is 6.31. The van der Waals surface area contributed by atoms with Crippen LogP contribution in [0.4, 0.5) is 0 Å². The number of hydrogen-bond donors (Lipinski definition) is 1. The van der Waals surface area contributed by atoms with Gasteiger partial charge >= 0.3 is 0 Å². The summed E-state index contributed by atoms with van der Waals surface area (Å²) in [5, 5.41) is 4.10. The van der Waals surface area contributed by atoms with Crippen molar-refractivity contribution in [3.8, 4) is 11.5 Å². The predicted octanol–water partition coefficient (Wildman–Crippen LogP) is 4.98. The molecule has 166 valence electrons. The molecule has 0 saturated carbocycles. The van der Waals surface area contributed by atoms with Crippen molar-refractivity contribution in [2.75, 3.05) is 20.2 Å². The maximum Gasteiger partial charge on any atom is 0.224 e. The Morgan fingerprint density at radius 1 is 1.29 bits per heavy atom. The van der Waals surface area contributed by atoms with Crippen LogP contribution in [0.15, 0.2) is 42.5 Å². The number of fused-ring (bicyclic) bond motifs is 1. The van der Waals surface area contributed by atoms with E-state index < -0.39 is 0 Å². The third kappa shape index (κ3) is 5.16. The molecule has 2 aromatic carbocycles. The number of ether oxygens (including phenoxy) is 2. The molecule has 0 radical (unpaired) electrons. The fraction of sp³-hybridized carbons (Fsp3) is 0.480. The highest BCUT2D eigenvalue weighted by Crippen LogP contribution is 2.41. The van der Waals surface area contributed by atoms with Crippen molar-refractivity contribution >= 4 is 17.5 Å². The molecule has 2 heterocycles. The number of carbonyl (C=O) groups is 1. The third-order valence-corrected chi connectivity index (χ3v) is 6.59. The monoisotopic (exact) mass is 442 g/mol. The van der Waals surface area contributed by atoms with Crippen LogP contribution in [0.1, 0.15) is 50.3 Å². The number of halogens is 1. The number of benzene rings is 2. The van der Waals surface area contributed by atoms with E-state index in [1.54, 1.807) is 7.11 Å². The van der Waals surface area contributed by atoms with E-state index in [1.165, 1.54) is 0 Å². The number of piperidine rings is 1. The van der Waals surface area contributed by atoms with E-state index in [4.69, 9.17) is 21.1 Å². The topological polar surface area (TPSA) is 50.8 Å². The number of amides is 1. The number of nitrogens with zero attached hydrogens (tertiary/aromatic N) is 1. The summed E-state index contributed by atoms with van der Waals surface area (Å²) in [7, 11) is 1.65. The minimum Gasteiger partial charge on any atom is -0.497 e. The summed E-state index contributed by atoms with van der Waals surface area (Å²) >= 11 is 6.34. The molecule has 0 spiro atoms. The van der Waals surface area contributed by atoms with Crippen LogP contribution < -0.4 is 14.8 Å². The SMILES string of the molecule is COc1ccc2c(c1)[C@H](NC(=O)[C@@H]1CCCN(Cc3ccccc3Cl)C1)CC(C)(C)O2. The Morgan fingerprint density at radius 2 is 2.10 bits per heavy atom. The van der Waals surface area contributed by atoms with Gasteiger partial charge in [-0.1, -0.05) is 29.8 Å². The van der Waals surface area contributed by atoms with Crippen molar-refractivity contribution in [1.82, 2.24) is 10.2 Å². The number of carbonyl (C=O) groups excluding carboxylic acids is 1. The first-order valence-electron chi connectivity index (χ1n) is 11.0. The second kappa shape index (κ2) is 9.09. The van der Waals surface area contributed by atoms with Gasteiger partial charge < -0.3 is 14.8 Å². The molecule has 0 bridgehead atoms. The number of nitrogens with one attached hydrogen (secondary N) is 1. The van der Waals surface area contributed by atoms with Crippen molar-refractivity contribution in [2.45, 2.75) is 51.3 Å². The third-order valence-electron chi connectivity index (χ3n) is 6.22. The second-order valence-electron chi connectivity index (χ2n) is 9.20. The summed E-state index contributed by atoms with van der Waals surface area (Å²) in [4.78, 5) is 15.6. The van der Waals surface area contributed by atoms with E-state index >= 15 is 0 Å². The fourth-order valence-corrected chi connectivity index (χ4v) is 4.85. The van der Waals surface area contributed by atoms with Gasteiger partial charge in [0.2, 0.25) is 5.91 Å². The lowest BCUT2D eigenvalue weighted by Gasteiger charge is -2.39. The molecular formula is C25H31ClN2O3. The van der Waals surface area contributed by atoms with Gasteiger partial charge in [-0.25, -0.2) is 0 Å². The smallest absolute Gasteiger partial charge is 0.224 e. The Balaban J connectivity index is 1.46. The Morgan fingerprint density at radius 3 is 2.87 bits per heavy atom. The summed E-state index contributed by atoms with van der Waals surface area (Å²) in [6.07, 6.45) is 2.63. The van der Waals surface area contributed by atoms with E-state index in [0.717, 1.165) is 66.5 Å². The van der Waals surface area contributed by atoms with Crippen LogP contribution in [-0.2, 0) is 11.3 Å². The van der Waals surface area contributed by atoms with E-state index in [0.29, 0.717) is 0 Å². The van der Waals surface area contributed by atoms with Gasteiger partial charge in [-0.2, -0.15) is 0 Å². The zero-order valence-corrected chi connectivity index (χ0v) is 19.2. The van der Waals surface area contributed by atoms with Gasteiger partial charge in [-0.15, -0.1) is 0 Å². The quantitative estimate of drug-likeness (QED) is 0.709. The largest absolute Gasteiger partial charge is 0.497 e. The number of rotatable bonds is 5. The highest BCUT2D eigenvalue weighted by atomic mass is 35.5. The molecule has 2 aromatic rings. The van der Waals surface area contributed by atoms with Crippen LogP contribution in [0, 0.1) is 5.92 Å². The van der Waals surface area contributed by atoms with E-state index in [1.807, 2.05) is 36.4 Å². The zero-order chi connectivity index (χ0) is 22.0. The highest BCUT2D eigenvalue weighted by Gasteiger charge is 2.36. The first-order chi connectivity index (χ1) is 14.8. The maximum atomic E-state index is 13.3. The Hall–Kier alpha value is -2.24. The van der Waals surface area contributed by atoms with Crippen LogP contribution in [0.5, 0.6) is 11.5 Å². The summed E-state index contributed by atoms with van der Waals surface area (Å²) in [6.45, 7) is 6.62. The van der Waals surface area contributed by atoms with Gasteiger partial charge in [0.1, 0.15) is 17.1 Å². The molecule has 2 aliphatic rings. The Kier molecular flexibility index (Phi) is 6.44. The Bertz CT molecular complexity index is 946. The molecule has 1 N–H and O–H groups in total. The maximum absolute atomic E-state index is 13.3. The average Bonchev–Trinajstić information content (AvgIpc) is 2.74. The van der Waals surface area contributed by atoms with Gasteiger partial charge in [-0.3, -0.25) is 9.69 Å². The lowest BCUT2D eigenvalue weighted by atomic mass is 9.88. The molecule has 31 heavy (non-hydrogen) atoms. The molecular weight excluding hydrogens is 412 g/mol. The van der Waals surface area contributed by atoms with E-state index in [-0.39, 0.29) is 23.5 Å². The zero-order valence-electron chi connectivity index (χ0n) is 18.5. The first-order valence-corrected chi connectivity index (χ1v) is 11.4. The molecule has 2 aliphatic heterocycles. The second-order valence-corrected chi connectivity index (χ2v) is 9.60. The summed E-state index contributed by atoms with van der Waals surface area (Å²) in [5.41, 5.74) is 1.75. The minimum atomic E-state index is -0.345. The summed E-state index contributed by atoms with van der Waals surface area (Å²) in [6, 6.07) is 13.6. The minimum absolute atomic E-state index is 0.0312. The first kappa shape index (κ1) is 22.0. The molecule has 1 fully saturated rings. The molecule has 0 aliphatic carbocycles. The van der Waals surface area contributed by atoms with Crippen LogP contribution in [0.2, 0.25) is 5.02 Å². The van der Waals surface area contributed by atoms with Crippen LogP contribution in [-0.4, -0.2) is 36.6 Å². The summed E-state index contributed by atoms with van der Waals surface area (Å²) in [5.74, 6) is 1.66. The van der Waals surface area contributed by atoms with Gasteiger partial charge in [-0.05, 0) is 63.1 Å². The van der Waals surface area contributed by atoms with Gasteiger partial charge in [0.15, 0.2) is 0 Å². The average molecular weight is 443 g/mol. The molecule has 6 heteroatoms. The van der Waals surface area contributed by atoms with Crippen molar-refractivity contribution < 1.29 is 14.3 Å².